The molecule has 72 valence electrons. The zero-order valence-corrected chi connectivity index (χ0v) is 10.4. The third kappa shape index (κ3) is 3.31. The fourth-order valence-electron chi connectivity index (χ4n) is 1.08. The Kier molecular flexibility index (Phi) is 4.98. The van der Waals surface area contributed by atoms with Gasteiger partial charge in [0.1, 0.15) is 0 Å². The Morgan fingerprint density at radius 2 is 0.929 bits per heavy atom. The monoisotopic (exact) mass is 316 g/mol. The van der Waals surface area contributed by atoms with Gasteiger partial charge in [0.2, 0.25) is 0 Å². The maximum atomic E-state index is 2.21. The molecule has 0 saturated carbocycles. The Morgan fingerprint density at radius 1 is 0.571 bits per heavy atom. The van der Waals surface area contributed by atoms with Crippen molar-refractivity contribution in [3.8, 4) is 0 Å². The molecule has 0 aliphatic carbocycles. The van der Waals surface area contributed by atoms with Gasteiger partial charge in [-0.2, -0.15) is 0 Å². The van der Waals surface area contributed by atoms with E-state index in [1.165, 1.54) is 7.14 Å². The lowest BCUT2D eigenvalue weighted by atomic mass is 10.4. The Balaban J connectivity index is 0.000000980. The van der Waals surface area contributed by atoms with Gasteiger partial charge in [-0.3, -0.25) is 0 Å². The van der Waals surface area contributed by atoms with Crippen molar-refractivity contribution in [2.45, 2.75) is 0 Å². The van der Waals surface area contributed by atoms with Crippen LogP contribution < -0.4 is 33.6 Å². The van der Waals surface area contributed by atoms with Crippen LogP contribution in [-0.2, 0) is 0 Å². The van der Waals surface area contributed by atoms with Crippen LogP contribution in [0.25, 0.3) is 0 Å². The van der Waals surface area contributed by atoms with E-state index in [1.54, 1.807) is 0 Å². The van der Waals surface area contributed by atoms with E-state index in [4.69, 9.17) is 0 Å². The molecule has 0 nitrogen and oxygen atoms in total. The van der Waals surface area contributed by atoms with Crippen molar-refractivity contribution in [3.63, 3.8) is 0 Å². The standard InChI is InChI=1S/C12H10I.ClH/c1-3-7-11(8-4-1)13-12-9-5-2-6-10-12;/h1-10H;1H/q+1;/p-1. The van der Waals surface area contributed by atoms with Crippen LogP contribution in [0.5, 0.6) is 0 Å². The van der Waals surface area contributed by atoms with E-state index in [0.717, 1.165) is 0 Å². The first-order valence-corrected chi connectivity index (χ1v) is 6.36. The van der Waals surface area contributed by atoms with Gasteiger partial charge in [-0.15, -0.1) is 0 Å². The number of rotatable bonds is 2. The van der Waals surface area contributed by atoms with Gasteiger partial charge in [-0.1, -0.05) is 36.4 Å². The molecule has 0 amide bonds. The van der Waals surface area contributed by atoms with Gasteiger partial charge < -0.3 is 12.4 Å². The first-order chi connectivity index (χ1) is 6.45. The predicted molar refractivity (Wildman–Crippen MR) is 50.3 cm³/mol. The van der Waals surface area contributed by atoms with Crippen LogP contribution in [0, 0.1) is 7.14 Å². The normalized spacial score (nSPS) is 9.14. The van der Waals surface area contributed by atoms with Crippen molar-refractivity contribution in [3.05, 3.63) is 67.8 Å². The average Bonchev–Trinajstić information content (AvgIpc) is 2.21. The maximum absolute atomic E-state index is 2.21. The second-order valence-electron chi connectivity index (χ2n) is 2.69. The topological polar surface area (TPSA) is 0 Å². The lowest BCUT2D eigenvalue weighted by molar-refractivity contribution is -0.597. The van der Waals surface area contributed by atoms with E-state index in [2.05, 4.69) is 60.7 Å². The average molecular weight is 317 g/mol. The fourth-order valence-corrected chi connectivity index (χ4v) is 3.35. The van der Waals surface area contributed by atoms with Gasteiger partial charge in [-0.25, -0.2) is 0 Å². The third-order valence-corrected chi connectivity index (χ3v) is 4.37. The molecule has 0 fully saturated rings. The zero-order valence-electron chi connectivity index (χ0n) is 7.53. The highest BCUT2D eigenvalue weighted by atomic mass is 127. The zero-order chi connectivity index (χ0) is 8.93. The highest BCUT2D eigenvalue weighted by Crippen LogP contribution is 1.85. The molecule has 0 saturated heterocycles. The van der Waals surface area contributed by atoms with E-state index >= 15 is 0 Å². The summed E-state index contributed by atoms with van der Waals surface area (Å²) < 4.78 is 2.96. The maximum Gasteiger partial charge on any atom is 0.357 e. The highest BCUT2D eigenvalue weighted by molar-refractivity contribution is 5.02. The van der Waals surface area contributed by atoms with Crippen LogP contribution in [-0.4, -0.2) is 0 Å². The fraction of sp³-hybridized carbons (Fsp3) is 0. The Bertz CT molecular complexity index is 321. The lowest BCUT2D eigenvalue weighted by Gasteiger charge is -1.84. The molecule has 0 aliphatic heterocycles. The Morgan fingerprint density at radius 3 is 1.29 bits per heavy atom. The van der Waals surface area contributed by atoms with Crippen molar-refractivity contribution < 1.29 is 33.6 Å². The van der Waals surface area contributed by atoms with E-state index < -0.39 is 0 Å². The van der Waals surface area contributed by atoms with Crippen molar-refractivity contribution in [1.82, 2.24) is 0 Å². The molecule has 0 bridgehead atoms. The molecule has 0 spiro atoms. The predicted octanol–water partition coefficient (Wildman–Crippen LogP) is -3.18. The quantitative estimate of drug-likeness (QED) is 0.513. The van der Waals surface area contributed by atoms with Crippen molar-refractivity contribution >= 4 is 0 Å². The van der Waals surface area contributed by atoms with Gasteiger partial charge in [-0.05, 0) is 24.3 Å². The number of halogens is 2. The summed E-state index contributed by atoms with van der Waals surface area (Å²) in [5.41, 5.74) is 0. The first kappa shape index (κ1) is 11.5. The molecule has 0 radical (unpaired) electrons. The molecule has 2 aromatic rings. The van der Waals surface area contributed by atoms with Crippen molar-refractivity contribution in [2.75, 3.05) is 0 Å². The van der Waals surface area contributed by atoms with Gasteiger partial charge >= 0.3 is 21.2 Å². The first-order valence-electron chi connectivity index (χ1n) is 4.20. The van der Waals surface area contributed by atoms with E-state index in [1.807, 2.05) is 0 Å². The van der Waals surface area contributed by atoms with E-state index in [-0.39, 0.29) is 33.6 Å². The molecule has 0 aromatic heterocycles. The number of hydrogen-bond acceptors (Lipinski definition) is 0. The van der Waals surface area contributed by atoms with Gasteiger partial charge in [0.05, 0.1) is 0 Å². The molecule has 0 aliphatic rings. The number of benzene rings is 2. The summed E-state index contributed by atoms with van der Waals surface area (Å²) in [5.74, 6) is 0. The highest BCUT2D eigenvalue weighted by Gasteiger charge is 2.12. The van der Waals surface area contributed by atoms with Crippen LogP contribution in [0.1, 0.15) is 0 Å². The molecule has 0 atom stereocenters. The summed E-state index contributed by atoms with van der Waals surface area (Å²) in [6.07, 6.45) is 0. The number of hydrogen-bond donors (Lipinski definition) is 0. The SMILES string of the molecule is [Cl-].c1ccc([I+]c2ccccc2)cc1. The van der Waals surface area contributed by atoms with Crippen LogP contribution in [0.2, 0.25) is 0 Å². The molecule has 2 aromatic carbocycles. The summed E-state index contributed by atoms with van der Waals surface area (Å²) in [6, 6.07) is 21.4. The van der Waals surface area contributed by atoms with Crippen LogP contribution >= 0.6 is 0 Å². The largest absolute Gasteiger partial charge is 1.00 e. The lowest BCUT2D eigenvalue weighted by Crippen LogP contribution is -3.61. The molecule has 14 heavy (non-hydrogen) atoms. The molecular formula is C12H10ClI. The summed E-state index contributed by atoms with van der Waals surface area (Å²) in [7, 11) is 0. The molecule has 2 rings (SSSR count). The minimum atomic E-state index is 0. The van der Waals surface area contributed by atoms with Crippen LogP contribution in [0.15, 0.2) is 60.7 Å². The minimum Gasteiger partial charge on any atom is -1.00 e. The summed E-state index contributed by atoms with van der Waals surface area (Å²) >= 11 is 0.0287. The second-order valence-corrected chi connectivity index (χ2v) is 5.72. The minimum absolute atomic E-state index is 0. The molecule has 2 heteroatoms. The molecular weight excluding hydrogens is 306 g/mol. The Hall–Kier alpha value is -0.540. The van der Waals surface area contributed by atoms with Crippen molar-refractivity contribution in [2.24, 2.45) is 0 Å². The van der Waals surface area contributed by atoms with Crippen LogP contribution in [0.3, 0.4) is 0 Å². The van der Waals surface area contributed by atoms with E-state index in [0.29, 0.717) is 0 Å². The van der Waals surface area contributed by atoms with Gasteiger partial charge in [0, 0.05) is 0 Å². The van der Waals surface area contributed by atoms with E-state index in [9.17, 15) is 0 Å². The van der Waals surface area contributed by atoms with Gasteiger partial charge in [0.25, 0.3) is 0 Å². The molecule has 0 heterocycles. The third-order valence-electron chi connectivity index (χ3n) is 1.68. The summed E-state index contributed by atoms with van der Waals surface area (Å²) in [5, 5.41) is 0. The summed E-state index contributed by atoms with van der Waals surface area (Å²) in [4.78, 5) is 0. The molecule has 0 N–H and O–H groups in total. The van der Waals surface area contributed by atoms with Crippen molar-refractivity contribution in [1.29, 1.82) is 0 Å². The van der Waals surface area contributed by atoms with Crippen LogP contribution in [0.4, 0.5) is 0 Å². The summed E-state index contributed by atoms with van der Waals surface area (Å²) in [6.45, 7) is 0. The smallest absolute Gasteiger partial charge is 0.357 e. The molecule has 0 unspecified atom stereocenters. The van der Waals surface area contributed by atoms with Gasteiger partial charge in [0.15, 0.2) is 7.14 Å². The Labute approximate surface area is 101 Å². The second kappa shape index (κ2) is 6.04.